The topological polar surface area (TPSA) is 42.7 Å². The Hall–Kier alpha value is -0.900. The van der Waals surface area contributed by atoms with E-state index in [0.29, 0.717) is 5.92 Å². The van der Waals surface area contributed by atoms with Crippen LogP contribution in [-0.2, 0) is 13.5 Å². The molecular formula is C15H26N4. The maximum Gasteiger partial charge on any atom is 0.154 e. The van der Waals surface area contributed by atoms with Gasteiger partial charge in [0.05, 0.1) is 0 Å². The molecule has 1 saturated carbocycles. The molecule has 2 heterocycles. The van der Waals surface area contributed by atoms with Crippen LogP contribution < -0.4 is 5.32 Å². The standard InChI is InChI=1S/C15H26N4/c1-19-14(8-7-12-9-10-16-11-12)17-15(18-19)13-5-3-2-4-6-13/h12-13,16H,2-11H2,1H3. The molecule has 1 atom stereocenters. The first-order chi connectivity index (χ1) is 9.33. The number of aryl methyl sites for hydroxylation is 2. The molecule has 0 radical (unpaired) electrons. The Kier molecular flexibility index (Phi) is 4.16. The molecule has 1 aliphatic carbocycles. The van der Waals surface area contributed by atoms with Crippen molar-refractivity contribution in [3.05, 3.63) is 11.6 Å². The van der Waals surface area contributed by atoms with Crippen LogP contribution in [0.2, 0.25) is 0 Å². The lowest BCUT2D eigenvalue weighted by atomic mass is 9.89. The number of hydrogen-bond donors (Lipinski definition) is 1. The fraction of sp³-hybridized carbons (Fsp3) is 0.867. The Morgan fingerprint density at radius 1 is 1.21 bits per heavy atom. The zero-order valence-corrected chi connectivity index (χ0v) is 12.1. The Balaban J connectivity index is 1.59. The van der Waals surface area contributed by atoms with Gasteiger partial charge in [0.25, 0.3) is 0 Å². The van der Waals surface area contributed by atoms with Gasteiger partial charge in [-0.05, 0) is 44.7 Å². The van der Waals surface area contributed by atoms with Crippen molar-refractivity contribution < 1.29 is 0 Å². The summed E-state index contributed by atoms with van der Waals surface area (Å²) in [5.74, 6) is 3.77. The summed E-state index contributed by atoms with van der Waals surface area (Å²) >= 11 is 0. The molecule has 1 saturated heterocycles. The number of rotatable bonds is 4. The molecule has 4 nitrogen and oxygen atoms in total. The lowest BCUT2D eigenvalue weighted by Gasteiger charge is -2.18. The van der Waals surface area contributed by atoms with E-state index in [1.54, 1.807) is 0 Å². The molecular weight excluding hydrogens is 236 g/mol. The minimum absolute atomic E-state index is 0.627. The summed E-state index contributed by atoms with van der Waals surface area (Å²) in [6.45, 7) is 2.38. The van der Waals surface area contributed by atoms with Crippen molar-refractivity contribution in [2.24, 2.45) is 13.0 Å². The first-order valence-corrected chi connectivity index (χ1v) is 7.93. The maximum atomic E-state index is 4.83. The molecule has 19 heavy (non-hydrogen) atoms. The van der Waals surface area contributed by atoms with Gasteiger partial charge in [-0.3, -0.25) is 4.68 Å². The minimum atomic E-state index is 0.627. The van der Waals surface area contributed by atoms with Gasteiger partial charge in [0.1, 0.15) is 5.82 Å². The average molecular weight is 262 g/mol. The van der Waals surface area contributed by atoms with Crippen LogP contribution in [0.5, 0.6) is 0 Å². The third-order valence-electron chi connectivity index (χ3n) is 4.78. The highest BCUT2D eigenvalue weighted by atomic mass is 15.3. The monoisotopic (exact) mass is 262 g/mol. The molecule has 3 rings (SSSR count). The van der Waals surface area contributed by atoms with Crippen LogP contribution in [0.25, 0.3) is 0 Å². The predicted molar refractivity (Wildman–Crippen MR) is 76.1 cm³/mol. The third-order valence-corrected chi connectivity index (χ3v) is 4.78. The van der Waals surface area contributed by atoms with E-state index in [2.05, 4.69) is 17.5 Å². The Bertz CT molecular complexity index is 400. The largest absolute Gasteiger partial charge is 0.316 e. The summed E-state index contributed by atoms with van der Waals surface area (Å²) in [6, 6.07) is 0. The van der Waals surface area contributed by atoms with Crippen molar-refractivity contribution in [2.75, 3.05) is 13.1 Å². The quantitative estimate of drug-likeness (QED) is 0.906. The van der Waals surface area contributed by atoms with Gasteiger partial charge in [0, 0.05) is 19.4 Å². The maximum absolute atomic E-state index is 4.83. The van der Waals surface area contributed by atoms with Crippen LogP contribution in [0.3, 0.4) is 0 Å². The van der Waals surface area contributed by atoms with E-state index in [0.717, 1.165) is 18.2 Å². The molecule has 2 fully saturated rings. The Morgan fingerprint density at radius 2 is 2.05 bits per heavy atom. The molecule has 1 N–H and O–H groups in total. The van der Waals surface area contributed by atoms with Crippen molar-refractivity contribution in [3.8, 4) is 0 Å². The molecule has 0 spiro atoms. The lowest BCUT2D eigenvalue weighted by Crippen LogP contribution is -2.10. The van der Waals surface area contributed by atoms with Crippen LogP contribution >= 0.6 is 0 Å². The summed E-state index contributed by atoms with van der Waals surface area (Å²) in [4.78, 5) is 4.83. The van der Waals surface area contributed by atoms with Gasteiger partial charge >= 0.3 is 0 Å². The van der Waals surface area contributed by atoms with Gasteiger partial charge in [-0.25, -0.2) is 4.98 Å². The van der Waals surface area contributed by atoms with Crippen LogP contribution in [-0.4, -0.2) is 27.9 Å². The normalized spacial score (nSPS) is 25.0. The molecule has 1 unspecified atom stereocenters. The molecule has 1 aromatic rings. The molecule has 0 aromatic carbocycles. The predicted octanol–water partition coefficient (Wildman–Crippen LogP) is 2.40. The van der Waals surface area contributed by atoms with E-state index in [9.17, 15) is 0 Å². The van der Waals surface area contributed by atoms with Crippen LogP contribution in [0, 0.1) is 5.92 Å². The molecule has 2 aliphatic rings. The molecule has 1 aromatic heterocycles. The van der Waals surface area contributed by atoms with Crippen molar-refractivity contribution in [2.45, 2.75) is 57.3 Å². The number of hydrogen-bond acceptors (Lipinski definition) is 3. The third kappa shape index (κ3) is 3.16. The van der Waals surface area contributed by atoms with Gasteiger partial charge in [-0.15, -0.1) is 0 Å². The second kappa shape index (κ2) is 6.04. The molecule has 0 amide bonds. The van der Waals surface area contributed by atoms with Gasteiger partial charge in [-0.2, -0.15) is 5.10 Å². The molecule has 1 aliphatic heterocycles. The average Bonchev–Trinajstić information content (AvgIpc) is 3.07. The lowest BCUT2D eigenvalue weighted by molar-refractivity contribution is 0.427. The zero-order chi connectivity index (χ0) is 13.1. The van der Waals surface area contributed by atoms with E-state index < -0.39 is 0 Å². The van der Waals surface area contributed by atoms with Gasteiger partial charge in [0.2, 0.25) is 0 Å². The highest BCUT2D eigenvalue weighted by Gasteiger charge is 2.21. The first-order valence-electron chi connectivity index (χ1n) is 7.93. The van der Waals surface area contributed by atoms with Gasteiger partial charge in [0.15, 0.2) is 5.82 Å². The van der Waals surface area contributed by atoms with E-state index in [-0.39, 0.29) is 0 Å². The second-order valence-electron chi connectivity index (χ2n) is 6.24. The molecule has 4 heteroatoms. The van der Waals surface area contributed by atoms with Crippen LogP contribution in [0.15, 0.2) is 0 Å². The van der Waals surface area contributed by atoms with Crippen molar-refractivity contribution in [1.29, 1.82) is 0 Å². The summed E-state index contributed by atoms with van der Waals surface area (Å²) in [5, 5.41) is 8.11. The Labute approximate surface area is 116 Å². The van der Waals surface area contributed by atoms with E-state index in [4.69, 9.17) is 4.98 Å². The van der Waals surface area contributed by atoms with Crippen molar-refractivity contribution in [1.82, 2.24) is 20.1 Å². The number of nitrogens with zero attached hydrogens (tertiary/aromatic N) is 3. The minimum Gasteiger partial charge on any atom is -0.316 e. The summed E-state index contributed by atoms with van der Waals surface area (Å²) < 4.78 is 2.02. The molecule has 106 valence electrons. The summed E-state index contributed by atoms with van der Waals surface area (Å²) in [5.41, 5.74) is 0. The first kappa shape index (κ1) is 13.1. The highest BCUT2D eigenvalue weighted by molar-refractivity contribution is 5.01. The highest BCUT2D eigenvalue weighted by Crippen LogP contribution is 2.30. The van der Waals surface area contributed by atoms with E-state index in [1.165, 1.54) is 63.9 Å². The smallest absolute Gasteiger partial charge is 0.154 e. The van der Waals surface area contributed by atoms with Gasteiger partial charge in [-0.1, -0.05) is 19.3 Å². The zero-order valence-electron chi connectivity index (χ0n) is 12.1. The van der Waals surface area contributed by atoms with Crippen LogP contribution in [0.4, 0.5) is 0 Å². The van der Waals surface area contributed by atoms with E-state index in [1.807, 2.05) is 4.68 Å². The summed E-state index contributed by atoms with van der Waals surface area (Å²) in [7, 11) is 2.06. The second-order valence-corrected chi connectivity index (χ2v) is 6.24. The molecule has 0 bridgehead atoms. The fourth-order valence-electron chi connectivity index (χ4n) is 3.48. The van der Waals surface area contributed by atoms with Crippen LogP contribution in [0.1, 0.15) is 62.5 Å². The van der Waals surface area contributed by atoms with Crippen molar-refractivity contribution >= 4 is 0 Å². The summed E-state index contributed by atoms with van der Waals surface area (Å²) in [6.07, 6.45) is 10.3. The van der Waals surface area contributed by atoms with E-state index >= 15 is 0 Å². The number of aromatic nitrogens is 3. The van der Waals surface area contributed by atoms with Gasteiger partial charge < -0.3 is 5.32 Å². The SMILES string of the molecule is Cn1nc(C2CCCCC2)nc1CCC1CCNC1. The Morgan fingerprint density at radius 3 is 2.79 bits per heavy atom. The number of nitrogens with one attached hydrogen (secondary N) is 1. The van der Waals surface area contributed by atoms with Crippen molar-refractivity contribution in [3.63, 3.8) is 0 Å². The fourth-order valence-corrected chi connectivity index (χ4v) is 3.48.